The minimum Gasteiger partial charge on any atom is -0.466 e. The van der Waals surface area contributed by atoms with Gasteiger partial charge in [-0.05, 0) is 28.8 Å². The third-order valence-electron chi connectivity index (χ3n) is 5.13. The van der Waals surface area contributed by atoms with Crippen molar-refractivity contribution in [2.75, 3.05) is 13.7 Å². The van der Waals surface area contributed by atoms with Crippen molar-refractivity contribution in [1.82, 2.24) is 0 Å². The molecule has 0 fully saturated rings. The van der Waals surface area contributed by atoms with Crippen LogP contribution in [0.15, 0.2) is 72.3 Å². The van der Waals surface area contributed by atoms with Crippen molar-refractivity contribution in [3.05, 3.63) is 72.3 Å². The molecule has 0 unspecified atom stereocenters. The van der Waals surface area contributed by atoms with Gasteiger partial charge in [0.15, 0.2) is 0 Å². The Morgan fingerprint density at radius 1 is 0.967 bits per heavy atom. The van der Waals surface area contributed by atoms with Crippen molar-refractivity contribution >= 4 is 24.7 Å². The molecule has 30 heavy (non-hydrogen) atoms. The number of rotatable bonds is 7. The third kappa shape index (κ3) is 5.72. The zero-order valence-electron chi connectivity index (χ0n) is 18.7. The fraction of sp³-hybridized carbons (Fsp3) is 0.346. The molecule has 0 spiro atoms. The van der Waals surface area contributed by atoms with Gasteiger partial charge in [-0.15, -0.1) is 5.92 Å². The van der Waals surface area contributed by atoms with E-state index in [0.717, 1.165) is 0 Å². The molecular weight excluding hydrogens is 388 g/mol. The minimum absolute atomic E-state index is 0.0578. The Morgan fingerprint density at radius 3 is 1.97 bits per heavy atom. The second-order valence-corrected chi connectivity index (χ2v) is 12.5. The molecule has 0 aliphatic heterocycles. The molecule has 0 atom stereocenters. The SMILES string of the molecule is COC(=O)/C(C)=C/CCC#CCO[Si](c1ccccc1)(c1ccccc1)C(C)(C)C. The van der Waals surface area contributed by atoms with E-state index in [2.05, 4.69) is 81.1 Å². The molecule has 0 saturated carbocycles. The predicted molar refractivity (Wildman–Crippen MR) is 126 cm³/mol. The van der Waals surface area contributed by atoms with Crippen molar-refractivity contribution in [3.63, 3.8) is 0 Å². The summed E-state index contributed by atoms with van der Waals surface area (Å²) in [6.45, 7) is 8.91. The van der Waals surface area contributed by atoms with Crippen molar-refractivity contribution in [2.24, 2.45) is 0 Å². The fourth-order valence-electron chi connectivity index (χ4n) is 3.65. The van der Waals surface area contributed by atoms with E-state index in [1.54, 1.807) is 6.92 Å². The van der Waals surface area contributed by atoms with E-state index in [1.807, 2.05) is 18.2 Å². The van der Waals surface area contributed by atoms with Gasteiger partial charge >= 0.3 is 5.97 Å². The van der Waals surface area contributed by atoms with Gasteiger partial charge in [0.05, 0.1) is 13.7 Å². The number of benzene rings is 2. The molecule has 3 nitrogen and oxygen atoms in total. The van der Waals surface area contributed by atoms with Gasteiger partial charge < -0.3 is 9.16 Å². The van der Waals surface area contributed by atoms with Crippen molar-refractivity contribution in [2.45, 2.75) is 45.6 Å². The van der Waals surface area contributed by atoms with Crippen molar-refractivity contribution < 1.29 is 14.0 Å². The summed E-state index contributed by atoms with van der Waals surface area (Å²) in [5.74, 6) is 6.07. The lowest BCUT2D eigenvalue weighted by molar-refractivity contribution is -0.136. The molecule has 2 aromatic rings. The second kappa shape index (κ2) is 11.0. The highest BCUT2D eigenvalue weighted by molar-refractivity contribution is 6.99. The number of esters is 1. The Hall–Kier alpha value is -2.61. The van der Waals surface area contributed by atoms with Crippen LogP contribution in [0.5, 0.6) is 0 Å². The van der Waals surface area contributed by atoms with Crippen LogP contribution in [0, 0.1) is 11.8 Å². The normalized spacial score (nSPS) is 12.1. The van der Waals surface area contributed by atoms with Crippen LogP contribution < -0.4 is 10.4 Å². The Labute approximate surface area is 182 Å². The van der Waals surface area contributed by atoms with Crippen LogP contribution in [0.1, 0.15) is 40.5 Å². The standard InChI is InChI=1S/C26H32O3Si/c1-22(25(27)28-5)16-10-6-7-15-21-29-30(26(2,3)4,23-17-11-8-12-18-23)24-19-13-9-14-20-24/h8-9,11-14,16-20H,6,10,21H2,1-5H3/b22-16+. The van der Waals surface area contributed by atoms with Crippen LogP contribution in [-0.4, -0.2) is 28.0 Å². The van der Waals surface area contributed by atoms with Crippen LogP contribution in [-0.2, 0) is 14.0 Å². The van der Waals surface area contributed by atoms with Crippen LogP contribution in [0.4, 0.5) is 0 Å². The number of hydrogen-bond acceptors (Lipinski definition) is 3. The number of allylic oxidation sites excluding steroid dienone is 1. The van der Waals surface area contributed by atoms with Gasteiger partial charge in [0.25, 0.3) is 8.32 Å². The highest BCUT2D eigenvalue weighted by Gasteiger charge is 2.49. The Morgan fingerprint density at radius 2 is 1.50 bits per heavy atom. The maximum absolute atomic E-state index is 11.4. The largest absolute Gasteiger partial charge is 0.466 e. The molecule has 0 N–H and O–H groups in total. The number of methoxy groups -OCH3 is 1. The van der Waals surface area contributed by atoms with E-state index in [-0.39, 0.29) is 11.0 Å². The number of carbonyl (C=O) groups excluding carboxylic acids is 1. The van der Waals surface area contributed by atoms with Gasteiger partial charge in [-0.1, -0.05) is 93.4 Å². The second-order valence-electron chi connectivity index (χ2n) is 8.22. The Bertz CT molecular complexity index is 861. The maximum atomic E-state index is 11.4. The van der Waals surface area contributed by atoms with Gasteiger partial charge in [0.1, 0.15) is 0 Å². The van der Waals surface area contributed by atoms with E-state index in [4.69, 9.17) is 9.16 Å². The molecule has 0 aliphatic carbocycles. The lowest BCUT2D eigenvalue weighted by Crippen LogP contribution is -2.66. The average molecular weight is 421 g/mol. The van der Waals surface area contributed by atoms with E-state index >= 15 is 0 Å². The Balaban J connectivity index is 2.21. The smallest absolute Gasteiger partial charge is 0.333 e. The van der Waals surface area contributed by atoms with E-state index in [0.29, 0.717) is 25.0 Å². The van der Waals surface area contributed by atoms with Crippen LogP contribution >= 0.6 is 0 Å². The van der Waals surface area contributed by atoms with Gasteiger partial charge in [0, 0.05) is 12.0 Å². The van der Waals surface area contributed by atoms with Gasteiger partial charge in [-0.3, -0.25) is 0 Å². The number of carbonyl (C=O) groups is 1. The molecule has 158 valence electrons. The first-order valence-electron chi connectivity index (χ1n) is 10.3. The van der Waals surface area contributed by atoms with Crippen LogP contribution in [0.3, 0.4) is 0 Å². The molecule has 4 heteroatoms. The first-order valence-corrected chi connectivity index (χ1v) is 12.2. The molecule has 0 heterocycles. The zero-order valence-corrected chi connectivity index (χ0v) is 19.7. The van der Waals surface area contributed by atoms with E-state index < -0.39 is 8.32 Å². The topological polar surface area (TPSA) is 35.5 Å². The molecule has 0 amide bonds. The molecule has 0 bridgehead atoms. The van der Waals surface area contributed by atoms with E-state index in [9.17, 15) is 4.79 Å². The van der Waals surface area contributed by atoms with Crippen LogP contribution in [0.2, 0.25) is 5.04 Å². The summed E-state index contributed by atoms with van der Waals surface area (Å²) in [6, 6.07) is 21.1. The lowest BCUT2D eigenvalue weighted by Gasteiger charge is -2.42. The summed E-state index contributed by atoms with van der Waals surface area (Å²) in [6.07, 6.45) is 3.26. The summed E-state index contributed by atoms with van der Waals surface area (Å²) in [7, 11) is -1.14. The minimum atomic E-state index is -2.53. The fourth-order valence-corrected chi connectivity index (χ4v) is 8.09. The summed E-state index contributed by atoms with van der Waals surface area (Å²) in [5.41, 5.74) is 0.614. The Kier molecular flexibility index (Phi) is 8.65. The summed E-state index contributed by atoms with van der Waals surface area (Å²) in [5, 5.41) is 2.45. The summed E-state index contributed by atoms with van der Waals surface area (Å²) in [4.78, 5) is 11.4. The molecule has 2 aromatic carbocycles. The number of hydrogen-bond donors (Lipinski definition) is 0. The molecule has 0 radical (unpaired) electrons. The molecular formula is C26H32O3Si. The first-order chi connectivity index (χ1) is 14.3. The third-order valence-corrected chi connectivity index (χ3v) is 10.1. The number of ether oxygens (including phenoxy) is 1. The van der Waals surface area contributed by atoms with Gasteiger partial charge in [0.2, 0.25) is 0 Å². The number of unbranched alkanes of at least 4 members (excludes halogenated alkanes) is 1. The molecule has 0 saturated heterocycles. The highest BCUT2D eigenvalue weighted by atomic mass is 28.4. The summed E-state index contributed by atoms with van der Waals surface area (Å²) < 4.78 is 11.4. The van der Waals surface area contributed by atoms with Gasteiger partial charge in [-0.2, -0.15) is 0 Å². The van der Waals surface area contributed by atoms with Crippen molar-refractivity contribution in [3.8, 4) is 11.8 Å². The zero-order chi connectivity index (χ0) is 22.0. The molecule has 2 rings (SSSR count). The van der Waals surface area contributed by atoms with Crippen molar-refractivity contribution in [1.29, 1.82) is 0 Å². The quantitative estimate of drug-likeness (QED) is 0.218. The maximum Gasteiger partial charge on any atom is 0.333 e. The van der Waals surface area contributed by atoms with Crippen LogP contribution in [0.25, 0.3) is 0 Å². The van der Waals surface area contributed by atoms with Gasteiger partial charge in [-0.25, -0.2) is 4.79 Å². The lowest BCUT2D eigenvalue weighted by atomic mass is 10.2. The molecule has 0 aliphatic rings. The predicted octanol–water partition coefficient (Wildman–Crippen LogP) is 4.47. The molecule has 0 aromatic heterocycles. The highest BCUT2D eigenvalue weighted by Crippen LogP contribution is 2.36. The first kappa shape index (κ1) is 23.7. The summed E-state index contributed by atoms with van der Waals surface area (Å²) >= 11 is 0. The average Bonchev–Trinajstić information content (AvgIpc) is 2.75. The van der Waals surface area contributed by atoms with E-state index in [1.165, 1.54) is 17.5 Å². The monoisotopic (exact) mass is 420 g/mol.